The Balaban J connectivity index is 2.70. The van der Waals surface area contributed by atoms with Crippen LogP contribution >= 0.6 is 0 Å². The lowest BCUT2D eigenvalue weighted by atomic mass is 9.95. The zero-order chi connectivity index (χ0) is 18.1. The van der Waals surface area contributed by atoms with Gasteiger partial charge in [-0.1, -0.05) is 20.3 Å². The Hall–Kier alpha value is -1.11. The van der Waals surface area contributed by atoms with Crippen LogP contribution in [0.25, 0.3) is 0 Å². The van der Waals surface area contributed by atoms with Crippen LogP contribution in [0, 0.1) is 0 Å². The van der Waals surface area contributed by atoms with Crippen LogP contribution < -0.4 is 10.6 Å². The fourth-order valence-corrected chi connectivity index (χ4v) is 4.05. The lowest BCUT2D eigenvalue weighted by Gasteiger charge is -2.31. The third kappa shape index (κ3) is 7.20. The van der Waals surface area contributed by atoms with Crippen molar-refractivity contribution in [2.45, 2.75) is 70.2 Å². The number of hydrogen-bond donors (Lipinski definition) is 2. The lowest BCUT2D eigenvalue weighted by molar-refractivity contribution is -0.127. The molecule has 4 atom stereocenters. The Kier molecular flexibility index (Phi) is 9.33. The molecule has 0 aromatic rings. The molecule has 2 N–H and O–H groups in total. The maximum Gasteiger partial charge on any atom is 0.243 e. The van der Waals surface area contributed by atoms with Crippen LogP contribution in [0.1, 0.15) is 52.9 Å². The molecule has 0 aromatic heterocycles. The molecular weight excluding hydrogens is 324 g/mol. The Labute approximate surface area is 149 Å². The minimum atomic E-state index is -0.740. The molecule has 1 aliphatic rings. The van der Waals surface area contributed by atoms with Crippen molar-refractivity contribution >= 4 is 22.7 Å². The summed E-state index contributed by atoms with van der Waals surface area (Å²) in [6.07, 6.45) is 5.07. The summed E-state index contributed by atoms with van der Waals surface area (Å²) >= 11 is 0. The van der Waals surface area contributed by atoms with Crippen molar-refractivity contribution in [3.63, 3.8) is 0 Å². The van der Waals surface area contributed by atoms with E-state index in [9.17, 15) is 9.00 Å². The average molecular weight is 359 g/mol. The van der Waals surface area contributed by atoms with Crippen LogP contribution in [0.15, 0.2) is 4.99 Å². The van der Waals surface area contributed by atoms with Gasteiger partial charge in [-0.25, -0.2) is 4.99 Å². The molecule has 140 valence electrons. The standard InChI is InChI=1S/C17H34N4O2S/c1-6-13(3)19-17(18-12-16(22)21(4)5)20-14-9-8-10-15(11-14)24(23)7-2/h13-15H,6-12H2,1-5H3,(H2,18,19,20). The second-order valence-corrected chi connectivity index (χ2v) is 8.71. The third-order valence-corrected chi connectivity index (χ3v) is 6.23. The number of nitrogens with one attached hydrogen (secondary N) is 2. The van der Waals surface area contributed by atoms with Crippen LogP contribution in [0.3, 0.4) is 0 Å². The van der Waals surface area contributed by atoms with Gasteiger partial charge in [-0.15, -0.1) is 0 Å². The first-order chi connectivity index (χ1) is 11.4. The van der Waals surface area contributed by atoms with Gasteiger partial charge in [0.15, 0.2) is 5.96 Å². The zero-order valence-electron chi connectivity index (χ0n) is 15.8. The van der Waals surface area contributed by atoms with Gasteiger partial charge in [-0.05, 0) is 32.6 Å². The lowest BCUT2D eigenvalue weighted by Crippen LogP contribution is -2.49. The first-order valence-electron chi connectivity index (χ1n) is 9.02. The third-order valence-electron chi connectivity index (χ3n) is 4.49. The van der Waals surface area contributed by atoms with E-state index in [1.54, 1.807) is 19.0 Å². The average Bonchev–Trinajstić information content (AvgIpc) is 2.58. The van der Waals surface area contributed by atoms with E-state index in [-0.39, 0.29) is 29.8 Å². The van der Waals surface area contributed by atoms with Gasteiger partial charge in [-0.3, -0.25) is 9.00 Å². The number of amides is 1. The minimum absolute atomic E-state index is 0.0196. The molecule has 0 radical (unpaired) electrons. The highest BCUT2D eigenvalue weighted by Gasteiger charge is 2.26. The van der Waals surface area contributed by atoms with Crippen LogP contribution in [0.2, 0.25) is 0 Å². The summed E-state index contributed by atoms with van der Waals surface area (Å²) in [5, 5.41) is 7.09. The number of rotatable bonds is 7. The largest absolute Gasteiger partial charge is 0.354 e. The number of carbonyl (C=O) groups is 1. The summed E-state index contributed by atoms with van der Waals surface area (Å²) in [5.74, 6) is 1.39. The highest BCUT2D eigenvalue weighted by molar-refractivity contribution is 7.85. The molecule has 1 aliphatic carbocycles. The fraction of sp³-hybridized carbons (Fsp3) is 0.882. The van der Waals surface area contributed by atoms with E-state index in [4.69, 9.17) is 0 Å². The second-order valence-electron chi connectivity index (χ2n) is 6.71. The summed E-state index contributed by atoms with van der Waals surface area (Å²) in [4.78, 5) is 17.8. The first-order valence-corrected chi connectivity index (χ1v) is 10.4. The van der Waals surface area contributed by atoms with Crippen molar-refractivity contribution in [1.82, 2.24) is 15.5 Å². The first kappa shape index (κ1) is 20.9. The van der Waals surface area contributed by atoms with Gasteiger partial charge in [0.05, 0.1) is 0 Å². The van der Waals surface area contributed by atoms with E-state index in [0.29, 0.717) is 5.96 Å². The molecule has 6 nitrogen and oxygen atoms in total. The highest BCUT2D eigenvalue weighted by atomic mass is 32.2. The zero-order valence-corrected chi connectivity index (χ0v) is 16.6. The molecule has 0 aromatic carbocycles. The molecule has 0 saturated heterocycles. The predicted octanol–water partition coefficient (Wildman–Crippen LogP) is 1.49. The van der Waals surface area contributed by atoms with Crippen molar-refractivity contribution < 1.29 is 9.00 Å². The van der Waals surface area contributed by atoms with E-state index < -0.39 is 10.8 Å². The number of carbonyl (C=O) groups excluding carboxylic acids is 1. The van der Waals surface area contributed by atoms with E-state index >= 15 is 0 Å². The second kappa shape index (κ2) is 10.7. The molecule has 0 bridgehead atoms. The normalized spacial score (nSPS) is 24.1. The molecule has 4 unspecified atom stereocenters. The highest BCUT2D eigenvalue weighted by Crippen LogP contribution is 2.23. The van der Waals surface area contributed by atoms with E-state index in [1.165, 1.54) is 0 Å². The molecule has 0 spiro atoms. The van der Waals surface area contributed by atoms with Crippen molar-refractivity contribution in [3.8, 4) is 0 Å². The maximum atomic E-state index is 12.1. The molecule has 1 rings (SSSR count). The Bertz CT molecular complexity index is 454. The van der Waals surface area contributed by atoms with Gasteiger partial charge < -0.3 is 15.5 Å². The molecule has 7 heteroatoms. The van der Waals surface area contributed by atoms with E-state index in [0.717, 1.165) is 37.9 Å². The SMILES string of the molecule is CCC(C)NC(=NCC(=O)N(C)C)NC1CCCC(S(=O)CC)C1. The van der Waals surface area contributed by atoms with Crippen LogP contribution in [0.4, 0.5) is 0 Å². The Morgan fingerprint density at radius 3 is 2.62 bits per heavy atom. The van der Waals surface area contributed by atoms with Crippen molar-refractivity contribution in [2.24, 2.45) is 4.99 Å². The van der Waals surface area contributed by atoms with Crippen LogP contribution in [-0.4, -0.2) is 64.7 Å². The van der Waals surface area contributed by atoms with Crippen LogP contribution in [-0.2, 0) is 15.6 Å². The number of aliphatic imine (C=N–C) groups is 1. The topological polar surface area (TPSA) is 73.8 Å². The summed E-state index contributed by atoms with van der Waals surface area (Å²) in [5.41, 5.74) is 0. The van der Waals surface area contributed by atoms with Crippen molar-refractivity contribution in [1.29, 1.82) is 0 Å². The molecule has 1 saturated carbocycles. The molecule has 1 fully saturated rings. The summed E-state index contributed by atoms with van der Waals surface area (Å²) in [6, 6.07) is 0.555. The van der Waals surface area contributed by atoms with Gasteiger partial charge in [0, 0.05) is 48.0 Å². The number of guanidine groups is 1. The van der Waals surface area contributed by atoms with Gasteiger partial charge >= 0.3 is 0 Å². The monoisotopic (exact) mass is 358 g/mol. The van der Waals surface area contributed by atoms with Gasteiger partial charge in [-0.2, -0.15) is 0 Å². The van der Waals surface area contributed by atoms with E-state index in [2.05, 4.69) is 29.5 Å². The van der Waals surface area contributed by atoms with Gasteiger partial charge in [0.25, 0.3) is 0 Å². The molecular formula is C17H34N4O2S. The van der Waals surface area contributed by atoms with Crippen molar-refractivity contribution in [3.05, 3.63) is 0 Å². The number of nitrogens with zero attached hydrogens (tertiary/aromatic N) is 2. The number of hydrogen-bond acceptors (Lipinski definition) is 3. The Morgan fingerprint density at radius 1 is 1.33 bits per heavy atom. The van der Waals surface area contributed by atoms with Gasteiger partial charge in [0.2, 0.25) is 5.91 Å². The molecule has 1 amide bonds. The summed E-state index contributed by atoms with van der Waals surface area (Å²) in [7, 11) is 2.73. The van der Waals surface area contributed by atoms with Crippen LogP contribution in [0.5, 0.6) is 0 Å². The summed E-state index contributed by atoms with van der Waals surface area (Å²) in [6.45, 7) is 6.33. The summed E-state index contributed by atoms with van der Waals surface area (Å²) < 4.78 is 12.1. The quantitative estimate of drug-likeness (QED) is 0.534. The number of likely N-dealkylation sites (N-methyl/N-ethyl adjacent to an activating group) is 1. The molecule has 24 heavy (non-hydrogen) atoms. The van der Waals surface area contributed by atoms with Gasteiger partial charge in [0.1, 0.15) is 6.54 Å². The Morgan fingerprint density at radius 2 is 2.04 bits per heavy atom. The van der Waals surface area contributed by atoms with Crippen molar-refractivity contribution in [2.75, 3.05) is 26.4 Å². The smallest absolute Gasteiger partial charge is 0.243 e. The molecule has 0 heterocycles. The molecule has 0 aliphatic heterocycles. The fourth-order valence-electron chi connectivity index (χ4n) is 2.70. The van der Waals surface area contributed by atoms with E-state index in [1.807, 2.05) is 6.92 Å². The predicted molar refractivity (Wildman–Crippen MR) is 102 cm³/mol. The minimum Gasteiger partial charge on any atom is -0.354 e. The maximum absolute atomic E-state index is 12.1.